The number of rotatable bonds is 5. The Morgan fingerprint density at radius 3 is 2.53 bits per heavy atom. The molecule has 4 heteroatoms. The van der Waals surface area contributed by atoms with Crippen LogP contribution in [0.15, 0.2) is 12.1 Å². The molecule has 0 aliphatic rings. The van der Waals surface area contributed by atoms with Crippen LogP contribution in [0, 0.1) is 6.92 Å². The lowest BCUT2D eigenvalue weighted by Crippen LogP contribution is -2.18. The van der Waals surface area contributed by atoms with Crippen LogP contribution in [0.2, 0.25) is 0 Å². The monoisotopic (exact) mass is 265 g/mol. The topological polar surface area (TPSA) is 47.6 Å². The number of carbonyl (C=O) groups is 1. The number of anilines is 1. The standard InChI is InChI=1S/C15H23NO3/c1-6-12-9-13(16-15(17)19-10(3)4)8-11(5)14(12)18-7-2/h8-10H,6-7H2,1-5H3,(H,16,17). The number of hydrogen-bond acceptors (Lipinski definition) is 3. The van der Waals surface area contributed by atoms with E-state index in [1.54, 1.807) is 0 Å². The van der Waals surface area contributed by atoms with Crippen molar-refractivity contribution in [3.05, 3.63) is 23.3 Å². The quantitative estimate of drug-likeness (QED) is 0.878. The minimum absolute atomic E-state index is 0.130. The number of carbonyl (C=O) groups excluding carboxylic acids is 1. The lowest BCUT2D eigenvalue weighted by Gasteiger charge is -2.15. The van der Waals surface area contributed by atoms with E-state index < -0.39 is 6.09 Å². The van der Waals surface area contributed by atoms with Crippen molar-refractivity contribution in [2.75, 3.05) is 11.9 Å². The van der Waals surface area contributed by atoms with E-state index in [9.17, 15) is 4.79 Å². The summed E-state index contributed by atoms with van der Waals surface area (Å²) in [5.74, 6) is 0.910. The highest BCUT2D eigenvalue weighted by Gasteiger charge is 2.11. The summed E-state index contributed by atoms with van der Waals surface area (Å²) in [5.41, 5.74) is 2.84. The first-order chi connectivity index (χ1) is 8.97. The zero-order valence-corrected chi connectivity index (χ0v) is 12.4. The summed E-state index contributed by atoms with van der Waals surface area (Å²) in [7, 11) is 0. The van der Waals surface area contributed by atoms with Crippen molar-refractivity contribution in [1.82, 2.24) is 0 Å². The molecule has 0 fully saturated rings. The first kappa shape index (κ1) is 15.3. The van der Waals surface area contributed by atoms with Gasteiger partial charge in [-0.25, -0.2) is 4.79 Å². The summed E-state index contributed by atoms with van der Waals surface area (Å²) < 4.78 is 10.7. The number of nitrogens with one attached hydrogen (secondary N) is 1. The Morgan fingerprint density at radius 1 is 1.32 bits per heavy atom. The summed E-state index contributed by atoms with van der Waals surface area (Å²) in [6, 6.07) is 3.82. The molecule has 1 amide bonds. The van der Waals surface area contributed by atoms with Gasteiger partial charge in [-0.1, -0.05) is 6.92 Å². The molecule has 19 heavy (non-hydrogen) atoms. The Balaban J connectivity index is 2.92. The van der Waals surface area contributed by atoms with E-state index in [1.807, 2.05) is 39.8 Å². The van der Waals surface area contributed by atoms with Gasteiger partial charge in [0.25, 0.3) is 0 Å². The molecule has 0 radical (unpaired) electrons. The SMILES string of the molecule is CCOc1c(C)cc(NC(=O)OC(C)C)cc1CC. The minimum Gasteiger partial charge on any atom is -0.493 e. The maximum atomic E-state index is 11.6. The Kier molecular flexibility index (Phi) is 5.67. The van der Waals surface area contributed by atoms with Crippen LogP contribution in [0.1, 0.15) is 38.8 Å². The summed E-state index contributed by atoms with van der Waals surface area (Å²) in [6.07, 6.45) is 0.292. The van der Waals surface area contributed by atoms with Crippen molar-refractivity contribution in [3.8, 4) is 5.75 Å². The second-order valence-electron chi connectivity index (χ2n) is 4.65. The molecule has 0 aliphatic heterocycles. The van der Waals surface area contributed by atoms with Crippen molar-refractivity contribution in [3.63, 3.8) is 0 Å². The van der Waals surface area contributed by atoms with Crippen LogP contribution in [0.3, 0.4) is 0 Å². The molecular weight excluding hydrogens is 242 g/mol. The van der Waals surface area contributed by atoms with Gasteiger partial charge in [0.15, 0.2) is 0 Å². The van der Waals surface area contributed by atoms with Crippen LogP contribution in [-0.2, 0) is 11.2 Å². The Morgan fingerprint density at radius 2 is 2.00 bits per heavy atom. The summed E-state index contributed by atoms with van der Waals surface area (Å²) in [5, 5.41) is 2.74. The fraction of sp³-hybridized carbons (Fsp3) is 0.533. The van der Waals surface area contributed by atoms with Gasteiger partial charge < -0.3 is 9.47 Å². The maximum absolute atomic E-state index is 11.6. The number of benzene rings is 1. The highest BCUT2D eigenvalue weighted by Crippen LogP contribution is 2.28. The van der Waals surface area contributed by atoms with Crippen LogP contribution < -0.4 is 10.1 Å². The minimum atomic E-state index is -0.430. The number of hydrogen-bond donors (Lipinski definition) is 1. The molecule has 1 aromatic carbocycles. The molecule has 1 N–H and O–H groups in total. The predicted octanol–water partition coefficient (Wildman–Crippen LogP) is 3.91. The third-order valence-corrected chi connectivity index (χ3v) is 2.61. The molecule has 0 spiro atoms. The second-order valence-corrected chi connectivity index (χ2v) is 4.65. The zero-order valence-electron chi connectivity index (χ0n) is 12.4. The third kappa shape index (κ3) is 4.47. The van der Waals surface area contributed by atoms with Gasteiger partial charge in [0, 0.05) is 5.69 Å². The van der Waals surface area contributed by atoms with Crippen LogP contribution >= 0.6 is 0 Å². The average Bonchev–Trinajstić information content (AvgIpc) is 2.31. The molecule has 0 saturated carbocycles. The van der Waals surface area contributed by atoms with Crippen LogP contribution in [0.4, 0.5) is 10.5 Å². The molecule has 0 bridgehead atoms. The molecule has 0 aromatic heterocycles. The van der Waals surface area contributed by atoms with E-state index in [0.717, 1.165) is 29.0 Å². The van der Waals surface area contributed by atoms with Gasteiger partial charge in [0.2, 0.25) is 0 Å². The molecule has 0 atom stereocenters. The predicted molar refractivity (Wildman–Crippen MR) is 77.0 cm³/mol. The number of aryl methyl sites for hydroxylation is 2. The van der Waals surface area contributed by atoms with Gasteiger partial charge in [-0.05, 0) is 57.4 Å². The van der Waals surface area contributed by atoms with Gasteiger partial charge in [-0.15, -0.1) is 0 Å². The van der Waals surface area contributed by atoms with Crippen molar-refractivity contribution in [2.45, 2.75) is 47.1 Å². The normalized spacial score (nSPS) is 10.4. The average molecular weight is 265 g/mol. The molecule has 106 valence electrons. The van der Waals surface area contributed by atoms with Crippen LogP contribution in [-0.4, -0.2) is 18.8 Å². The number of amides is 1. The largest absolute Gasteiger partial charge is 0.493 e. The smallest absolute Gasteiger partial charge is 0.411 e. The van der Waals surface area contributed by atoms with Gasteiger partial charge in [-0.3, -0.25) is 5.32 Å². The first-order valence-electron chi connectivity index (χ1n) is 6.71. The van der Waals surface area contributed by atoms with Gasteiger partial charge in [0.1, 0.15) is 5.75 Å². The van der Waals surface area contributed by atoms with E-state index in [-0.39, 0.29) is 6.10 Å². The first-order valence-corrected chi connectivity index (χ1v) is 6.71. The van der Waals surface area contributed by atoms with Crippen molar-refractivity contribution >= 4 is 11.8 Å². The van der Waals surface area contributed by atoms with Crippen LogP contribution in [0.25, 0.3) is 0 Å². The van der Waals surface area contributed by atoms with E-state index >= 15 is 0 Å². The lowest BCUT2D eigenvalue weighted by molar-refractivity contribution is 0.130. The lowest BCUT2D eigenvalue weighted by atomic mass is 10.1. The van der Waals surface area contributed by atoms with E-state index in [4.69, 9.17) is 9.47 Å². The fourth-order valence-electron chi connectivity index (χ4n) is 1.89. The highest BCUT2D eigenvalue weighted by molar-refractivity contribution is 5.85. The van der Waals surface area contributed by atoms with Crippen molar-refractivity contribution in [1.29, 1.82) is 0 Å². The van der Waals surface area contributed by atoms with Crippen LogP contribution in [0.5, 0.6) is 5.75 Å². The van der Waals surface area contributed by atoms with Gasteiger partial charge >= 0.3 is 6.09 Å². The maximum Gasteiger partial charge on any atom is 0.411 e. The van der Waals surface area contributed by atoms with E-state index in [2.05, 4.69) is 12.2 Å². The third-order valence-electron chi connectivity index (χ3n) is 2.61. The summed E-state index contributed by atoms with van der Waals surface area (Å²) in [6.45, 7) is 10.3. The molecule has 1 aromatic rings. The van der Waals surface area contributed by atoms with Crippen molar-refractivity contribution in [2.24, 2.45) is 0 Å². The molecule has 0 heterocycles. The second kappa shape index (κ2) is 7.02. The zero-order chi connectivity index (χ0) is 14.4. The highest BCUT2D eigenvalue weighted by atomic mass is 16.6. The molecule has 1 rings (SSSR count). The Bertz CT molecular complexity index is 441. The summed E-state index contributed by atoms with van der Waals surface area (Å²) >= 11 is 0. The van der Waals surface area contributed by atoms with E-state index in [0.29, 0.717) is 6.61 Å². The Labute approximate surface area is 115 Å². The van der Waals surface area contributed by atoms with Crippen molar-refractivity contribution < 1.29 is 14.3 Å². The van der Waals surface area contributed by atoms with E-state index in [1.165, 1.54) is 0 Å². The molecule has 0 unspecified atom stereocenters. The van der Waals surface area contributed by atoms with Gasteiger partial charge in [0.05, 0.1) is 12.7 Å². The van der Waals surface area contributed by atoms with Gasteiger partial charge in [-0.2, -0.15) is 0 Å². The fourth-order valence-corrected chi connectivity index (χ4v) is 1.89. The molecular formula is C15H23NO3. The Hall–Kier alpha value is -1.71. The number of ether oxygens (including phenoxy) is 2. The molecule has 4 nitrogen and oxygen atoms in total. The molecule has 0 aliphatic carbocycles. The molecule has 0 saturated heterocycles. The summed E-state index contributed by atoms with van der Waals surface area (Å²) in [4.78, 5) is 11.6.